The number of aromatic nitrogens is 1. The molecule has 3 heteroatoms. The molecule has 2 rings (SSSR count). The van der Waals surface area contributed by atoms with Crippen molar-refractivity contribution in [2.45, 2.75) is 18.8 Å². The number of hydrogen-bond acceptors (Lipinski definition) is 3. The largest absolute Gasteiger partial charge is 0.481 e. The number of ether oxygens (including phenoxy) is 1. The molecule has 1 aliphatic rings. The van der Waals surface area contributed by atoms with Crippen LogP contribution >= 0.6 is 0 Å². The molecular formula is C10H10N2O. The van der Waals surface area contributed by atoms with Crippen LogP contribution in [0, 0.1) is 11.3 Å². The van der Waals surface area contributed by atoms with Gasteiger partial charge in [-0.2, -0.15) is 5.26 Å². The molecule has 0 amide bonds. The van der Waals surface area contributed by atoms with Crippen LogP contribution in [0.4, 0.5) is 0 Å². The van der Waals surface area contributed by atoms with Crippen LogP contribution in [0.25, 0.3) is 0 Å². The minimum absolute atomic E-state index is 0.418. The van der Waals surface area contributed by atoms with Gasteiger partial charge in [0, 0.05) is 5.56 Å². The normalized spacial score (nSPS) is 15.1. The number of rotatable bonds is 2. The van der Waals surface area contributed by atoms with Crippen molar-refractivity contribution >= 4 is 0 Å². The van der Waals surface area contributed by atoms with E-state index in [0.717, 1.165) is 5.56 Å². The van der Waals surface area contributed by atoms with E-state index in [1.807, 2.05) is 12.1 Å². The molecule has 1 aromatic heterocycles. The third-order valence-electron chi connectivity index (χ3n) is 2.21. The van der Waals surface area contributed by atoms with Gasteiger partial charge in [-0.05, 0) is 24.8 Å². The maximum Gasteiger partial charge on any atom is 0.217 e. The van der Waals surface area contributed by atoms with Gasteiger partial charge in [0.2, 0.25) is 5.88 Å². The van der Waals surface area contributed by atoms with Crippen LogP contribution in [0.15, 0.2) is 12.1 Å². The average Bonchev–Trinajstić information content (AvgIpc) is 3.00. The highest BCUT2D eigenvalue weighted by molar-refractivity contribution is 5.37. The zero-order valence-electron chi connectivity index (χ0n) is 7.45. The summed E-state index contributed by atoms with van der Waals surface area (Å²) >= 11 is 0. The molecule has 0 atom stereocenters. The molecule has 0 radical (unpaired) electrons. The Morgan fingerprint density at radius 1 is 1.54 bits per heavy atom. The average molecular weight is 174 g/mol. The Labute approximate surface area is 77.0 Å². The molecule has 66 valence electrons. The molecule has 0 unspecified atom stereocenters. The Bertz CT molecular complexity index is 364. The highest BCUT2D eigenvalue weighted by Crippen LogP contribution is 2.43. The molecule has 1 aliphatic carbocycles. The molecule has 0 spiro atoms. The van der Waals surface area contributed by atoms with Gasteiger partial charge in [-0.25, -0.2) is 4.98 Å². The van der Waals surface area contributed by atoms with Crippen molar-refractivity contribution in [1.29, 1.82) is 5.26 Å². The lowest BCUT2D eigenvalue weighted by atomic mass is 10.1. The second-order valence-electron chi connectivity index (χ2n) is 3.18. The van der Waals surface area contributed by atoms with Crippen LogP contribution in [-0.4, -0.2) is 12.1 Å². The Morgan fingerprint density at radius 2 is 2.31 bits per heavy atom. The Balaban J connectivity index is 2.40. The fourth-order valence-corrected chi connectivity index (χ4v) is 1.38. The molecule has 0 aliphatic heterocycles. The minimum atomic E-state index is 0.418. The van der Waals surface area contributed by atoms with Crippen LogP contribution in [0.1, 0.15) is 30.0 Å². The molecule has 0 saturated heterocycles. The lowest BCUT2D eigenvalue weighted by Crippen LogP contribution is -1.95. The molecule has 1 saturated carbocycles. The van der Waals surface area contributed by atoms with E-state index >= 15 is 0 Å². The first kappa shape index (κ1) is 8.06. The third-order valence-corrected chi connectivity index (χ3v) is 2.21. The van der Waals surface area contributed by atoms with E-state index in [1.165, 1.54) is 12.8 Å². The van der Waals surface area contributed by atoms with Crippen LogP contribution in [0.3, 0.4) is 0 Å². The van der Waals surface area contributed by atoms with Crippen molar-refractivity contribution in [2.24, 2.45) is 0 Å². The first-order valence-electron chi connectivity index (χ1n) is 4.30. The molecule has 0 aromatic carbocycles. The second-order valence-corrected chi connectivity index (χ2v) is 3.18. The van der Waals surface area contributed by atoms with Crippen molar-refractivity contribution in [3.63, 3.8) is 0 Å². The maximum atomic E-state index is 8.63. The van der Waals surface area contributed by atoms with Gasteiger partial charge in [-0.1, -0.05) is 6.07 Å². The molecular weight excluding hydrogens is 164 g/mol. The van der Waals surface area contributed by atoms with Crippen LogP contribution in [0.5, 0.6) is 5.88 Å². The van der Waals surface area contributed by atoms with E-state index in [2.05, 4.69) is 4.98 Å². The summed E-state index contributed by atoms with van der Waals surface area (Å²) in [6.45, 7) is 0. The Hall–Kier alpha value is -1.56. The van der Waals surface area contributed by atoms with E-state index in [-0.39, 0.29) is 0 Å². The lowest BCUT2D eigenvalue weighted by molar-refractivity contribution is 0.392. The third kappa shape index (κ3) is 1.48. The van der Waals surface area contributed by atoms with E-state index in [4.69, 9.17) is 10.00 Å². The predicted molar refractivity (Wildman–Crippen MR) is 47.5 cm³/mol. The van der Waals surface area contributed by atoms with Crippen molar-refractivity contribution < 1.29 is 4.74 Å². The monoisotopic (exact) mass is 174 g/mol. The molecule has 3 nitrogen and oxygen atoms in total. The summed E-state index contributed by atoms with van der Waals surface area (Å²) in [4.78, 5) is 4.09. The fraction of sp³-hybridized carbons (Fsp3) is 0.400. The summed E-state index contributed by atoms with van der Waals surface area (Å²) in [6, 6.07) is 5.69. The van der Waals surface area contributed by atoms with Gasteiger partial charge in [0.15, 0.2) is 0 Å². The van der Waals surface area contributed by atoms with Crippen molar-refractivity contribution in [1.82, 2.24) is 4.98 Å². The summed E-state index contributed by atoms with van der Waals surface area (Å²) in [5.41, 5.74) is 1.56. The Morgan fingerprint density at radius 3 is 2.85 bits per heavy atom. The van der Waals surface area contributed by atoms with Crippen molar-refractivity contribution in [3.05, 3.63) is 23.4 Å². The minimum Gasteiger partial charge on any atom is -0.481 e. The van der Waals surface area contributed by atoms with Crippen LogP contribution < -0.4 is 4.74 Å². The van der Waals surface area contributed by atoms with E-state index < -0.39 is 0 Å². The van der Waals surface area contributed by atoms with E-state index in [9.17, 15) is 0 Å². The number of pyridine rings is 1. The van der Waals surface area contributed by atoms with Crippen molar-refractivity contribution in [3.8, 4) is 11.9 Å². The summed E-state index contributed by atoms with van der Waals surface area (Å²) in [5, 5.41) is 8.63. The van der Waals surface area contributed by atoms with Gasteiger partial charge in [-0.3, -0.25) is 0 Å². The first-order valence-corrected chi connectivity index (χ1v) is 4.30. The number of methoxy groups -OCH3 is 1. The standard InChI is InChI=1S/C10H10N2O/c1-13-10-9(7-2-3-7)5-4-8(6-11)12-10/h4-5,7H,2-3H2,1H3. The highest BCUT2D eigenvalue weighted by atomic mass is 16.5. The van der Waals surface area contributed by atoms with Gasteiger partial charge < -0.3 is 4.74 Å². The molecule has 0 N–H and O–H groups in total. The smallest absolute Gasteiger partial charge is 0.217 e. The molecule has 1 aromatic rings. The zero-order chi connectivity index (χ0) is 9.26. The fourth-order valence-electron chi connectivity index (χ4n) is 1.38. The number of nitrogens with zero attached hydrogens (tertiary/aromatic N) is 2. The summed E-state index contributed by atoms with van der Waals surface area (Å²) < 4.78 is 5.13. The SMILES string of the molecule is COc1nc(C#N)ccc1C1CC1. The lowest BCUT2D eigenvalue weighted by Gasteiger charge is -2.05. The van der Waals surface area contributed by atoms with Crippen molar-refractivity contribution in [2.75, 3.05) is 7.11 Å². The number of hydrogen-bond donors (Lipinski definition) is 0. The molecule has 1 heterocycles. The first-order chi connectivity index (χ1) is 6.35. The summed E-state index contributed by atoms with van der Waals surface area (Å²) in [5.74, 6) is 1.22. The summed E-state index contributed by atoms with van der Waals surface area (Å²) in [7, 11) is 1.59. The topological polar surface area (TPSA) is 45.9 Å². The van der Waals surface area contributed by atoms with E-state index in [1.54, 1.807) is 13.2 Å². The van der Waals surface area contributed by atoms with Gasteiger partial charge in [-0.15, -0.1) is 0 Å². The van der Waals surface area contributed by atoms with Gasteiger partial charge in [0.25, 0.3) is 0 Å². The highest BCUT2D eigenvalue weighted by Gasteiger charge is 2.27. The maximum absolute atomic E-state index is 8.63. The van der Waals surface area contributed by atoms with E-state index in [0.29, 0.717) is 17.5 Å². The van der Waals surface area contributed by atoms with Crippen LogP contribution in [-0.2, 0) is 0 Å². The van der Waals surface area contributed by atoms with Gasteiger partial charge in [0.1, 0.15) is 11.8 Å². The second kappa shape index (κ2) is 3.06. The Kier molecular flexibility index (Phi) is 1.90. The quantitative estimate of drug-likeness (QED) is 0.687. The van der Waals surface area contributed by atoms with Gasteiger partial charge >= 0.3 is 0 Å². The predicted octanol–water partition coefficient (Wildman–Crippen LogP) is 1.84. The zero-order valence-corrected chi connectivity index (χ0v) is 7.45. The summed E-state index contributed by atoms with van der Waals surface area (Å²) in [6.07, 6.45) is 2.42. The van der Waals surface area contributed by atoms with Crippen LogP contribution in [0.2, 0.25) is 0 Å². The molecule has 0 bridgehead atoms. The molecule has 13 heavy (non-hydrogen) atoms. The number of nitriles is 1. The molecule has 1 fully saturated rings. The van der Waals surface area contributed by atoms with Gasteiger partial charge in [0.05, 0.1) is 7.11 Å².